The third kappa shape index (κ3) is 6.58. The predicted octanol–water partition coefficient (Wildman–Crippen LogP) is 6.06. The number of nitrogens with one attached hydrogen (secondary N) is 1. The van der Waals surface area contributed by atoms with Gasteiger partial charge in [0, 0.05) is 14.1 Å². The summed E-state index contributed by atoms with van der Waals surface area (Å²) in [6, 6.07) is 7.03. The molecular weight excluding hydrogens is 413 g/mol. The summed E-state index contributed by atoms with van der Waals surface area (Å²) in [7, 11) is 2.07. The summed E-state index contributed by atoms with van der Waals surface area (Å²) >= 11 is 6.01. The SMILES string of the molecule is CCCCCCCCC(NC)c1cc(Br)ccc1I. The van der Waals surface area contributed by atoms with E-state index in [4.69, 9.17) is 0 Å². The zero-order chi connectivity index (χ0) is 14.1. The van der Waals surface area contributed by atoms with E-state index in [0.29, 0.717) is 6.04 Å². The van der Waals surface area contributed by atoms with Gasteiger partial charge in [-0.15, -0.1) is 0 Å². The normalized spacial score (nSPS) is 12.6. The lowest BCUT2D eigenvalue weighted by Gasteiger charge is -2.18. The molecule has 1 N–H and O–H groups in total. The van der Waals surface area contributed by atoms with Crippen LogP contribution in [0, 0.1) is 3.57 Å². The van der Waals surface area contributed by atoms with Crippen molar-refractivity contribution < 1.29 is 0 Å². The Kier molecular flexibility index (Phi) is 9.33. The van der Waals surface area contributed by atoms with Crippen LogP contribution in [0.2, 0.25) is 0 Å². The van der Waals surface area contributed by atoms with Gasteiger partial charge < -0.3 is 5.32 Å². The van der Waals surface area contributed by atoms with E-state index < -0.39 is 0 Å². The third-order valence-electron chi connectivity index (χ3n) is 3.53. The van der Waals surface area contributed by atoms with Gasteiger partial charge in [0.2, 0.25) is 0 Å². The van der Waals surface area contributed by atoms with Crippen molar-refractivity contribution in [3.63, 3.8) is 0 Å². The van der Waals surface area contributed by atoms with E-state index in [9.17, 15) is 0 Å². The van der Waals surface area contributed by atoms with Gasteiger partial charge in [-0.2, -0.15) is 0 Å². The fourth-order valence-electron chi connectivity index (χ4n) is 2.37. The number of rotatable bonds is 9. The smallest absolute Gasteiger partial charge is 0.0328 e. The highest BCUT2D eigenvalue weighted by molar-refractivity contribution is 14.1. The molecule has 0 aromatic heterocycles. The first kappa shape index (κ1) is 17.4. The van der Waals surface area contributed by atoms with Gasteiger partial charge in [-0.05, 0) is 59.8 Å². The molecular formula is C16H25BrIN. The average molecular weight is 438 g/mol. The molecule has 0 heterocycles. The lowest BCUT2D eigenvalue weighted by atomic mass is 10.00. The summed E-state index contributed by atoms with van der Waals surface area (Å²) in [6.45, 7) is 2.27. The summed E-state index contributed by atoms with van der Waals surface area (Å²) in [5.74, 6) is 0. The van der Waals surface area contributed by atoms with Gasteiger partial charge in [0.1, 0.15) is 0 Å². The van der Waals surface area contributed by atoms with Crippen molar-refractivity contribution in [2.45, 2.75) is 57.9 Å². The summed E-state index contributed by atoms with van der Waals surface area (Å²) < 4.78 is 2.53. The maximum absolute atomic E-state index is 3.57. The second-order valence-corrected chi connectivity index (χ2v) is 7.14. The van der Waals surface area contributed by atoms with Gasteiger partial charge in [0.15, 0.2) is 0 Å². The fourth-order valence-corrected chi connectivity index (χ4v) is 3.46. The zero-order valence-electron chi connectivity index (χ0n) is 12.0. The summed E-state index contributed by atoms with van der Waals surface area (Å²) in [4.78, 5) is 0. The summed E-state index contributed by atoms with van der Waals surface area (Å²) in [5.41, 5.74) is 1.42. The molecule has 0 saturated heterocycles. The fraction of sp³-hybridized carbons (Fsp3) is 0.625. The molecule has 108 valence electrons. The van der Waals surface area contributed by atoms with Gasteiger partial charge in [-0.25, -0.2) is 0 Å². The van der Waals surface area contributed by atoms with Crippen molar-refractivity contribution in [2.75, 3.05) is 7.05 Å². The highest BCUT2D eigenvalue weighted by Crippen LogP contribution is 2.27. The zero-order valence-corrected chi connectivity index (χ0v) is 15.8. The summed E-state index contributed by atoms with van der Waals surface area (Å²) in [5, 5.41) is 3.46. The Morgan fingerprint density at radius 1 is 1.16 bits per heavy atom. The number of unbranched alkanes of at least 4 members (excludes halogenated alkanes) is 5. The Labute approximate surface area is 140 Å². The van der Waals surface area contributed by atoms with Crippen LogP contribution >= 0.6 is 38.5 Å². The Balaban J connectivity index is 2.42. The maximum atomic E-state index is 3.57. The monoisotopic (exact) mass is 437 g/mol. The minimum atomic E-state index is 0.482. The van der Waals surface area contributed by atoms with E-state index >= 15 is 0 Å². The van der Waals surface area contributed by atoms with Crippen molar-refractivity contribution in [2.24, 2.45) is 0 Å². The highest BCUT2D eigenvalue weighted by Gasteiger charge is 2.12. The first-order valence-electron chi connectivity index (χ1n) is 7.31. The van der Waals surface area contributed by atoms with E-state index in [-0.39, 0.29) is 0 Å². The molecule has 0 aliphatic carbocycles. The lowest BCUT2D eigenvalue weighted by Crippen LogP contribution is -2.17. The molecule has 1 rings (SSSR count). The Morgan fingerprint density at radius 3 is 2.53 bits per heavy atom. The number of hydrogen-bond acceptors (Lipinski definition) is 1. The van der Waals surface area contributed by atoms with Crippen LogP contribution in [0.1, 0.15) is 63.5 Å². The third-order valence-corrected chi connectivity index (χ3v) is 5.00. The van der Waals surface area contributed by atoms with Crippen LogP contribution in [-0.4, -0.2) is 7.05 Å². The van der Waals surface area contributed by atoms with E-state index in [0.717, 1.165) is 0 Å². The first-order valence-corrected chi connectivity index (χ1v) is 9.18. The van der Waals surface area contributed by atoms with Crippen molar-refractivity contribution in [3.05, 3.63) is 31.8 Å². The molecule has 0 fully saturated rings. The molecule has 0 bridgehead atoms. The van der Waals surface area contributed by atoms with Gasteiger partial charge in [-0.3, -0.25) is 0 Å². The molecule has 1 atom stereocenters. The second-order valence-electron chi connectivity index (χ2n) is 5.06. The molecule has 0 saturated carbocycles. The summed E-state index contributed by atoms with van der Waals surface area (Å²) in [6.07, 6.45) is 9.42. The highest BCUT2D eigenvalue weighted by atomic mass is 127. The largest absolute Gasteiger partial charge is 0.313 e. The molecule has 1 aromatic carbocycles. The number of halogens is 2. The van der Waals surface area contributed by atoms with E-state index in [1.807, 2.05) is 0 Å². The molecule has 0 spiro atoms. The standard InChI is InChI=1S/C16H25BrIN/c1-3-4-5-6-7-8-9-16(19-2)14-12-13(17)10-11-15(14)18/h10-12,16,19H,3-9H2,1-2H3. The molecule has 0 aliphatic heterocycles. The second kappa shape index (κ2) is 10.2. The molecule has 1 unspecified atom stereocenters. The average Bonchev–Trinajstić information content (AvgIpc) is 2.41. The molecule has 0 aliphatic rings. The molecule has 1 aromatic rings. The minimum Gasteiger partial charge on any atom is -0.313 e. The van der Waals surface area contributed by atoms with Crippen LogP contribution in [0.15, 0.2) is 22.7 Å². The topological polar surface area (TPSA) is 12.0 Å². The Hall–Kier alpha value is 0.390. The van der Waals surface area contributed by atoms with E-state index in [2.05, 4.69) is 76.0 Å². The van der Waals surface area contributed by atoms with Gasteiger partial charge >= 0.3 is 0 Å². The van der Waals surface area contributed by atoms with Crippen LogP contribution in [0.3, 0.4) is 0 Å². The van der Waals surface area contributed by atoms with Crippen LogP contribution in [-0.2, 0) is 0 Å². The first-order chi connectivity index (χ1) is 9.19. The number of benzene rings is 1. The van der Waals surface area contributed by atoms with Gasteiger partial charge in [0.05, 0.1) is 0 Å². The number of hydrogen-bond donors (Lipinski definition) is 1. The van der Waals surface area contributed by atoms with Gasteiger partial charge in [0.25, 0.3) is 0 Å². The lowest BCUT2D eigenvalue weighted by molar-refractivity contribution is 0.496. The van der Waals surface area contributed by atoms with Crippen LogP contribution < -0.4 is 5.32 Å². The van der Waals surface area contributed by atoms with Crippen molar-refractivity contribution in [1.29, 1.82) is 0 Å². The quantitative estimate of drug-likeness (QED) is 0.365. The van der Waals surface area contributed by atoms with Crippen molar-refractivity contribution in [3.8, 4) is 0 Å². The van der Waals surface area contributed by atoms with Crippen molar-refractivity contribution >= 4 is 38.5 Å². The van der Waals surface area contributed by atoms with Crippen molar-refractivity contribution in [1.82, 2.24) is 5.32 Å². The Bertz CT molecular complexity index is 368. The van der Waals surface area contributed by atoms with E-state index in [1.165, 1.54) is 58.6 Å². The molecule has 0 amide bonds. The predicted molar refractivity (Wildman–Crippen MR) is 96.7 cm³/mol. The molecule has 0 radical (unpaired) electrons. The molecule has 1 nitrogen and oxygen atoms in total. The van der Waals surface area contributed by atoms with Crippen LogP contribution in [0.5, 0.6) is 0 Å². The molecule has 19 heavy (non-hydrogen) atoms. The van der Waals surface area contributed by atoms with E-state index in [1.54, 1.807) is 0 Å². The van der Waals surface area contributed by atoms with Gasteiger partial charge in [-0.1, -0.05) is 61.4 Å². The van der Waals surface area contributed by atoms with Crippen LogP contribution in [0.4, 0.5) is 0 Å². The Morgan fingerprint density at radius 2 is 1.84 bits per heavy atom. The van der Waals surface area contributed by atoms with Crippen LogP contribution in [0.25, 0.3) is 0 Å². The maximum Gasteiger partial charge on any atom is 0.0328 e. The minimum absolute atomic E-state index is 0.482. The molecule has 3 heteroatoms.